The summed E-state index contributed by atoms with van der Waals surface area (Å²) in [5.41, 5.74) is 7.17. The lowest BCUT2D eigenvalue weighted by Gasteiger charge is -2.09. The van der Waals surface area contributed by atoms with Crippen LogP contribution in [0.3, 0.4) is 0 Å². The molecule has 3 nitrogen and oxygen atoms in total. The van der Waals surface area contributed by atoms with Crippen molar-refractivity contribution in [2.24, 2.45) is 0 Å². The van der Waals surface area contributed by atoms with E-state index in [9.17, 15) is 4.79 Å². The minimum absolute atomic E-state index is 0.272. The first-order chi connectivity index (χ1) is 8.97. The van der Waals surface area contributed by atoms with Gasteiger partial charge in [-0.3, -0.25) is 4.79 Å². The van der Waals surface area contributed by atoms with Gasteiger partial charge in [-0.15, -0.1) is 0 Å². The van der Waals surface area contributed by atoms with Crippen molar-refractivity contribution in [3.05, 3.63) is 56.5 Å². The van der Waals surface area contributed by atoms with Crippen molar-refractivity contribution in [2.45, 2.75) is 0 Å². The van der Waals surface area contributed by atoms with Crippen LogP contribution in [0.25, 0.3) is 0 Å². The first-order valence-electron chi connectivity index (χ1n) is 5.29. The number of anilines is 2. The minimum Gasteiger partial charge on any atom is -0.397 e. The third-order valence-corrected chi connectivity index (χ3v) is 3.89. The molecule has 2 aromatic rings. The van der Waals surface area contributed by atoms with Gasteiger partial charge < -0.3 is 11.1 Å². The Labute approximate surface area is 128 Å². The molecule has 98 valence electrons. The summed E-state index contributed by atoms with van der Waals surface area (Å²) in [6.07, 6.45) is 0. The molecule has 0 fully saturated rings. The molecule has 19 heavy (non-hydrogen) atoms. The van der Waals surface area contributed by atoms with E-state index in [1.54, 1.807) is 36.4 Å². The average molecular weight is 360 g/mol. The molecule has 2 rings (SSSR count). The fraction of sp³-hybridized carbons (Fsp3) is 0. The van der Waals surface area contributed by atoms with Crippen molar-refractivity contribution in [1.82, 2.24) is 0 Å². The van der Waals surface area contributed by atoms with Crippen LogP contribution in [-0.2, 0) is 0 Å². The highest BCUT2D eigenvalue weighted by molar-refractivity contribution is 9.10. The number of nitrogen functional groups attached to an aromatic ring is 1. The van der Waals surface area contributed by atoms with Gasteiger partial charge in [0.25, 0.3) is 5.91 Å². The highest BCUT2D eigenvalue weighted by atomic mass is 79.9. The largest absolute Gasteiger partial charge is 0.397 e. The van der Waals surface area contributed by atoms with Gasteiger partial charge in [0.05, 0.1) is 16.4 Å². The van der Waals surface area contributed by atoms with Gasteiger partial charge in [-0.1, -0.05) is 23.2 Å². The fourth-order valence-electron chi connectivity index (χ4n) is 1.48. The summed E-state index contributed by atoms with van der Waals surface area (Å²) in [5.74, 6) is -0.272. The molecule has 0 atom stereocenters. The van der Waals surface area contributed by atoms with E-state index in [2.05, 4.69) is 21.2 Å². The second kappa shape index (κ2) is 5.82. The van der Waals surface area contributed by atoms with Crippen molar-refractivity contribution >= 4 is 56.4 Å². The molecule has 0 aromatic heterocycles. The molecule has 0 bridgehead atoms. The standard InChI is InChI=1S/C13H9BrCl2N2O/c14-9-5-7(1-3-10(9)16)13(19)18-12-4-2-8(15)6-11(12)17/h1-6H,17H2,(H,18,19). The van der Waals surface area contributed by atoms with E-state index in [1.807, 2.05) is 0 Å². The summed E-state index contributed by atoms with van der Waals surface area (Å²) in [5, 5.41) is 3.78. The highest BCUT2D eigenvalue weighted by Crippen LogP contribution is 2.25. The predicted octanol–water partition coefficient (Wildman–Crippen LogP) is 4.59. The van der Waals surface area contributed by atoms with E-state index in [0.29, 0.717) is 31.5 Å². The Balaban J connectivity index is 2.23. The number of carbonyl (C=O) groups excluding carboxylic acids is 1. The van der Waals surface area contributed by atoms with E-state index in [4.69, 9.17) is 28.9 Å². The van der Waals surface area contributed by atoms with Gasteiger partial charge in [-0.2, -0.15) is 0 Å². The number of benzene rings is 2. The molecule has 0 radical (unpaired) electrons. The molecule has 0 unspecified atom stereocenters. The van der Waals surface area contributed by atoms with E-state index in [1.165, 1.54) is 0 Å². The number of nitrogens with one attached hydrogen (secondary N) is 1. The zero-order chi connectivity index (χ0) is 14.0. The quantitative estimate of drug-likeness (QED) is 0.770. The molecule has 0 spiro atoms. The van der Waals surface area contributed by atoms with Crippen LogP contribution in [0.1, 0.15) is 10.4 Å². The predicted molar refractivity (Wildman–Crippen MR) is 83.0 cm³/mol. The maximum Gasteiger partial charge on any atom is 0.255 e. The Bertz CT molecular complexity index is 647. The number of rotatable bonds is 2. The van der Waals surface area contributed by atoms with Crippen LogP contribution in [0.15, 0.2) is 40.9 Å². The van der Waals surface area contributed by atoms with Crippen LogP contribution >= 0.6 is 39.1 Å². The third kappa shape index (κ3) is 3.41. The molecule has 6 heteroatoms. The summed E-state index contributed by atoms with van der Waals surface area (Å²) in [7, 11) is 0. The van der Waals surface area contributed by atoms with Gasteiger partial charge >= 0.3 is 0 Å². The Kier molecular flexibility index (Phi) is 4.34. The summed E-state index contributed by atoms with van der Waals surface area (Å²) < 4.78 is 0.658. The molecule has 0 saturated heterocycles. The molecule has 0 aliphatic carbocycles. The number of nitrogens with two attached hydrogens (primary N) is 1. The number of hydrogen-bond acceptors (Lipinski definition) is 2. The topological polar surface area (TPSA) is 55.1 Å². The van der Waals surface area contributed by atoms with E-state index in [-0.39, 0.29) is 5.91 Å². The van der Waals surface area contributed by atoms with Crippen LogP contribution in [0.5, 0.6) is 0 Å². The molecule has 0 saturated carbocycles. The van der Waals surface area contributed by atoms with Gasteiger partial charge in [0, 0.05) is 15.1 Å². The van der Waals surface area contributed by atoms with Crippen molar-refractivity contribution in [3.63, 3.8) is 0 Å². The SMILES string of the molecule is Nc1cc(Cl)ccc1NC(=O)c1ccc(Cl)c(Br)c1. The maximum atomic E-state index is 12.1. The highest BCUT2D eigenvalue weighted by Gasteiger charge is 2.10. The van der Waals surface area contributed by atoms with Crippen LogP contribution in [0.4, 0.5) is 11.4 Å². The van der Waals surface area contributed by atoms with Crippen LogP contribution in [0.2, 0.25) is 10.0 Å². The zero-order valence-corrected chi connectivity index (χ0v) is 12.7. The maximum absolute atomic E-state index is 12.1. The monoisotopic (exact) mass is 358 g/mol. The summed E-state index contributed by atoms with van der Waals surface area (Å²) in [6.45, 7) is 0. The lowest BCUT2D eigenvalue weighted by molar-refractivity contribution is 0.102. The van der Waals surface area contributed by atoms with Crippen molar-refractivity contribution in [2.75, 3.05) is 11.1 Å². The lowest BCUT2D eigenvalue weighted by Crippen LogP contribution is -2.13. The van der Waals surface area contributed by atoms with Gasteiger partial charge in [-0.25, -0.2) is 0 Å². The molecule has 1 amide bonds. The normalized spacial score (nSPS) is 10.3. The Hall–Kier alpha value is -1.23. The number of amides is 1. The van der Waals surface area contributed by atoms with Crippen LogP contribution in [-0.4, -0.2) is 5.91 Å². The van der Waals surface area contributed by atoms with Gasteiger partial charge in [-0.05, 0) is 52.3 Å². The summed E-state index contributed by atoms with van der Waals surface area (Å²) >= 11 is 14.9. The van der Waals surface area contributed by atoms with Crippen LogP contribution in [0, 0.1) is 0 Å². The van der Waals surface area contributed by atoms with Crippen molar-refractivity contribution < 1.29 is 4.79 Å². The first-order valence-corrected chi connectivity index (χ1v) is 6.83. The minimum atomic E-state index is -0.272. The third-order valence-electron chi connectivity index (χ3n) is 2.44. The van der Waals surface area contributed by atoms with E-state index in [0.717, 1.165) is 0 Å². The number of hydrogen-bond donors (Lipinski definition) is 2. The van der Waals surface area contributed by atoms with Crippen molar-refractivity contribution in [3.8, 4) is 0 Å². The summed E-state index contributed by atoms with van der Waals surface area (Å²) in [4.78, 5) is 12.1. The fourth-order valence-corrected chi connectivity index (χ4v) is 2.16. The Morgan fingerprint density at radius 2 is 1.89 bits per heavy atom. The van der Waals surface area contributed by atoms with Gasteiger partial charge in [0.15, 0.2) is 0 Å². The van der Waals surface area contributed by atoms with E-state index < -0.39 is 0 Å². The second-order valence-corrected chi connectivity index (χ2v) is 5.51. The molecule has 0 heterocycles. The van der Waals surface area contributed by atoms with Gasteiger partial charge in [0.2, 0.25) is 0 Å². The average Bonchev–Trinajstić information content (AvgIpc) is 2.36. The first kappa shape index (κ1) is 14.2. The number of carbonyl (C=O) groups is 1. The summed E-state index contributed by atoms with van der Waals surface area (Å²) in [6, 6.07) is 9.81. The van der Waals surface area contributed by atoms with Crippen molar-refractivity contribution in [1.29, 1.82) is 0 Å². The Morgan fingerprint density at radius 1 is 1.16 bits per heavy atom. The zero-order valence-electron chi connectivity index (χ0n) is 9.58. The molecule has 2 aromatic carbocycles. The van der Waals surface area contributed by atoms with E-state index >= 15 is 0 Å². The molecule has 3 N–H and O–H groups in total. The number of halogens is 3. The van der Waals surface area contributed by atoms with Crippen LogP contribution < -0.4 is 11.1 Å². The smallest absolute Gasteiger partial charge is 0.255 e. The lowest BCUT2D eigenvalue weighted by atomic mass is 10.2. The molecule has 0 aliphatic heterocycles. The molecule has 0 aliphatic rings. The molecular weight excluding hydrogens is 351 g/mol. The van der Waals surface area contributed by atoms with Gasteiger partial charge in [0.1, 0.15) is 0 Å². The second-order valence-electron chi connectivity index (χ2n) is 3.81. The Morgan fingerprint density at radius 3 is 2.53 bits per heavy atom. The molecular formula is C13H9BrCl2N2O.